The Morgan fingerprint density at radius 2 is 1.89 bits per heavy atom. The summed E-state index contributed by atoms with van der Waals surface area (Å²) in [5.74, 6) is -0.285. The van der Waals surface area contributed by atoms with Gasteiger partial charge in [-0.15, -0.1) is 0 Å². The Labute approximate surface area is 153 Å². The zero-order valence-corrected chi connectivity index (χ0v) is 14.7. The second-order valence-electron chi connectivity index (χ2n) is 5.68. The summed E-state index contributed by atoms with van der Waals surface area (Å²) in [6.07, 6.45) is 0. The van der Waals surface area contributed by atoms with Gasteiger partial charge in [0.15, 0.2) is 11.4 Å². The molecule has 0 aliphatic heterocycles. The van der Waals surface area contributed by atoms with Crippen LogP contribution in [0.3, 0.4) is 0 Å². The zero-order chi connectivity index (χ0) is 19.7. The lowest BCUT2D eigenvalue weighted by Crippen LogP contribution is -2.07. The van der Waals surface area contributed by atoms with Crippen LogP contribution in [0.15, 0.2) is 30.3 Å². The first-order chi connectivity index (χ1) is 12.8. The number of rotatable bonds is 5. The number of nitro groups is 1. The summed E-state index contributed by atoms with van der Waals surface area (Å²) in [6, 6.07) is 7.79. The lowest BCUT2D eigenvalue weighted by molar-refractivity contribution is -0.384. The molecule has 1 aromatic carbocycles. The molecule has 3 aromatic rings. The van der Waals surface area contributed by atoms with Gasteiger partial charge < -0.3 is 14.6 Å². The average Bonchev–Trinajstić information content (AvgIpc) is 2.65. The van der Waals surface area contributed by atoms with E-state index in [1.807, 2.05) is 0 Å². The van der Waals surface area contributed by atoms with Crippen LogP contribution in [0.25, 0.3) is 22.3 Å². The summed E-state index contributed by atoms with van der Waals surface area (Å²) in [6.45, 7) is 1.45. The highest BCUT2D eigenvalue weighted by Crippen LogP contribution is 2.34. The molecule has 0 fully saturated rings. The van der Waals surface area contributed by atoms with Gasteiger partial charge in [0.2, 0.25) is 0 Å². The number of pyridine rings is 2. The molecule has 3 rings (SSSR count). The maximum Gasteiger partial charge on any atom is 0.354 e. The molecule has 27 heavy (non-hydrogen) atoms. The quantitative estimate of drug-likeness (QED) is 0.537. The van der Waals surface area contributed by atoms with Gasteiger partial charge in [-0.3, -0.25) is 10.1 Å². The molecular formula is C18H15N3O6. The highest BCUT2D eigenvalue weighted by molar-refractivity contribution is 5.91. The van der Waals surface area contributed by atoms with E-state index >= 15 is 0 Å². The second-order valence-corrected chi connectivity index (χ2v) is 5.68. The van der Waals surface area contributed by atoms with Gasteiger partial charge in [-0.25, -0.2) is 14.8 Å². The summed E-state index contributed by atoms with van der Waals surface area (Å²) in [4.78, 5) is 30.6. The molecule has 2 aromatic heterocycles. The van der Waals surface area contributed by atoms with E-state index in [4.69, 9.17) is 9.47 Å². The van der Waals surface area contributed by atoms with Gasteiger partial charge >= 0.3 is 5.97 Å². The minimum absolute atomic E-state index is 0.122. The highest BCUT2D eigenvalue weighted by Gasteiger charge is 2.24. The van der Waals surface area contributed by atoms with Crippen LogP contribution in [0.4, 0.5) is 5.69 Å². The molecule has 0 atom stereocenters. The van der Waals surface area contributed by atoms with Crippen molar-refractivity contribution in [2.45, 2.75) is 6.92 Å². The van der Waals surface area contributed by atoms with Crippen molar-refractivity contribution in [3.8, 4) is 22.9 Å². The summed E-state index contributed by atoms with van der Waals surface area (Å²) in [5.41, 5.74) is 0.101. The molecule has 0 unspecified atom stereocenters. The van der Waals surface area contributed by atoms with Crippen LogP contribution in [0.5, 0.6) is 11.5 Å². The van der Waals surface area contributed by atoms with Crippen molar-refractivity contribution in [3.05, 3.63) is 51.7 Å². The lowest BCUT2D eigenvalue weighted by atomic mass is 10.1. The summed E-state index contributed by atoms with van der Waals surface area (Å²) in [7, 11) is 2.99. The van der Waals surface area contributed by atoms with Crippen molar-refractivity contribution in [2.75, 3.05) is 14.2 Å². The number of aryl methyl sites for hydroxylation is 1. The van der Waals surface area contributed by atoms with Crippen LogP contribution >= 0.6 is 0 Å². The number of methoxy groups -OCH3 is 2. The predicted molar refractivity (Wildman–Crippen MR) is 96.4 cm³/mol. The number of aromatic carboxylic acids is 1. The van der Waals surface area contributed by atoms with Gasteiger partial charge in [-0.1, -0.05) is 6.07 Å². The summed E-state index contributed by atoms with van der Waals surface area (Å²) >= 11 is 0. The molecular weight excluding hydrogens is 354 g/mol. The number of carboxylic acids is 1. The Morgan fingerprint density at radius 1 is 1.15 bits per heavy atom. The Balaban J connectivity index is 2.30. The van der Waals surface area contributed by atoms with Crippen LogP contribution in [0, 0.1) is 17.0 Å². The molecule has 0 aliphatic rings. The number of hydrogen-bond donors (Lipinski definition) is 1. The van der Waals surface area contributed by atoms with Gasteiger partial charge in [-0.2, -0.15) is 0 Å². The number of carbonyl (C=O) groups is 1. The molecule has 0 aliphatic carbocycles. The van der Waals surface area contributed by atoms with Crippen molar-refractivity contribution >= 4 is 22.6 Å². The van der Waals surface area contributed by atoms with Gasteiger partial charge in [-0.05, 0) is 24.6 Å². The number of aromatic nitrogens is 2. The second kappa shape index (κ2) is 6.87. The third-order valence-corrected chi connectivity index (χ3v) is 4.02. The SMILES string of the molecule is COc1cc(OC)c2nc(-c3nc(C(=O)O)c(C)cc3[N+](=O)[O-])ccc2c1. The first kappa shape index (κ1) is 18.1. The lowest BCUT2D eigenvalue weighted by Gasteiger charge is -2.10. The van der Waals surface area contributed by atoms with Gasteiger partial charge in [0.05, 0.1) is 24.8 Å². The van der Waals surface area contributed by atoms with E-state index in [-0.39, 0.29) is 28.3 Å². The summed E-state index contributed by atoms with van der Waals surface area (Å²) in [5, 5.41) is 21.4. The third kappa shape index (κ3) is 3.22. The topological polar surface area (TPSA) is 125 Å². The van der Waals surface area contributed by atoms with E-state index in [2.05, 4.69) is 9.97 Å². The first-order valence-corrected chi connectivity index (χ1v) is 7.78. The van der Waals surface area contributed by atoms with Crippen molar-refractivity contribution < 1.29 is 24.3 Å². The average molecular weight is 369 g/mol. The fourth-order valence-electron chi connectivity index (χ4n) is 2.72. The molecule has 2 heterocycles. The Hall–Kier alpha value is -3.75. The van der Waals surface area contributed by atoms with Crippen molar-refractivity contribution in [2.24, 2.45) is 0 Å². The van der Waals surface area contributed by atoms with E-state index in [1.54, 1.807) is 18.2 Å². The van der Waals surface area contributed by atoms with Gasteiger partial charge in [0.25, 0.3) is 5.69 Å². The number of fused-ring (bicyclic) bond motifs is 1. The molecule has 0 saturated carbocycles. The molecule has 138 valence electrons. The number of ether oxygens (including phenoxy) is 2. The Morgan fingerprint density at radius 3 is 2.48 bits per heavy atom. The van der Waals surface area contributed by atoms with E-state index in [0.29, 0.717) is 22.4 Å². The monoisotopic (exact) mass is 369 g/mol. The molecule has 0 bridgehead atoms. The molecule has 0 spiro atoms. The van der Waals surface area contributed by atoms with Crippen molar-refractivity contribution in [3.63, 3.8) is 0 Å². The normalized spacial score (nSPS) is 10.6. The van der Waals surface area contributed by atoms with E-state index < -0.39 is 10.9 Å². The number of hydrogen-bond acceptors (Lipinski definition) is 7. The minimum atomic E-state index is -1.27. The fourth-order valence-corrected chi connectivity index (χ4v) is 2.72. The van der Waals surface area contributed by atoms with Crippen LogP contribution in [-0.4, -0.2) is 40.2 Å². The van der Waals surface area contributed by atoms with Gasteiger partial charge in [0.1, 0.15) is 17.0 Å². The number of benzene rings is 1. The smallest absolute Gasteiger partial charge is 0.354 e. The minimum Gasteiger partial charge on any atom is -0.497 e. The molecule has 1 N–H and O–H groups in total. The standard InChI is InChI=1S/C18H15N3O6/c1-9-6-13(21(24)25)17(20-15(9)18(22)23)12-5-4-10-7-11(26-2)8-14(27-3)16(10)19-12/h4-8H,1-3H3,(H,22,23). The molecule has 0 amide bonds. The van der Waals surface area contributed by atoms with Gasteiger partial charge in [0, 0.05) is 17.5 Å². The zero-order valence-electron chi connectivity index (χ0n) is 14.7. The number of carboxylic acid groups (broad SMARTS) is 1. The molecule has 0 radical (unpaired) electrons. The largest absolute Gasteiger partial charge is 0.497 e. The number of nitrogens with zero attached hydrogens (tertiary/aromatic N) is 3. The van der Waals surface area contributed by atoms with Crippen molar-refractivity contribution in [1.82, 2.24) is 9.97 Å². The maximum atomic E-state index is 11.4. The fraction of sp³-hybridized carbons (Fsp3) is 0.167. The molecule has 0 saturated heterocycles. The van der Waals surface area contributed by atoms with Crippen molar-refractivity contribution in [1.29, 1.82) is 0 Å². The highest BCUT2D eigenvalue weighted by atomic mass is 16.6. The molecule has 9 heteroatoms. The summed E-state index contributed by atoms with van der Waals surface area (Å²) < 4.78 is 10.5. The van der Waals surface area contributed by atoms with Crippen LogP contribution in [0.1, 0.15) is 16.1 Å². The van der Waals surface area contributed by atoms with E-state index in [9.17, 15) is 20.0 Å². The van der Waals surface area contributed by atoms with E-state index in [1.165, 1.54) is 33.3 Å². The third-order valence-electron chi connectivity index (χ3n) is 4.02. The Kier molecular flexibility index (Phi) is 4.59. The maximum absolute atomic E-state index is 11.4. The Bertz CT molecular complexity index is 1080. The van der Waals surface area contributed by atoms with E-state index in [0.717, 1.165) is 0 Å². The van der Waals surface area contributed by atoms with Crippen LogP contribution in [-0.2, 0) is 0 Å². The predicted octanol–water partition coefficient (Wildman–Crippen LogP) is 3.23. The first-order valence-electron chi connectivity index (χ1n) is 7.78. The van der Waals surface area contributed by atoms with Crippen LogP contribution < -0.4 is 9.47 Å². The molecule has 9 nitrogen and oxygen atoms in total. The van der Waals surface area contributed by atoms with Crippen LogP contribution in [0.2, 0.25) is 0 Å².